The summed E-state index contributed by atoms with van der Waals surface area (Å²) in [6.45, 7) is 3.30. The van der Waals surface area contributed by atoms with E-state index in [4.69, 9.17) is 9.47 Å². The number of carboxylic acids is 1. The largest absolute Gasteiger partial charge is 0.481 e. The van der Waals surface area contributed by atoms with E-state index in [0.29, 0.717) is 0 Å². The second-order valence-corrected chi connectivity index (χ2v) is 8.49. The van der Waals surface area contributed by atoms with E-state index in [1.165, 1.54) is 13.8 Å². The summed E-state index contributed by atoms with van der Waals surface area (Å²) in [5.41, 5.74) is 3.25. The third-order valence-corrected chi connectivity index (χ3v) is 6.33. The number of benzene rings is 2. The Kier molecular flexibility index (Phi) is 5.88. The molecule has 8 heteroatoms. The molecule has 2 aromatic rings. The fourth-order valence-corrected chi connectivity index (χ4v) is 4.26. The summed E-state index contributed by atoms with van der Waals surface area (Å²) >= 11 is 0. The Morgan fingerprint density at radius 3 is 2.31 bits per heavy atom. The molecule has 0 bridgehead atoms. The van der Waals surface area contributed by atoms with E-state index < -0.39 is 35.5 Å². The lowest BCUT2D eigenvalue weighted by atomic mass is 9.85. The molecule has 2 aliphatic rings. The Morgan fingerprint density at radius 1 is 1.12 bits per heavy atom. The van der Waals surface area contributed by atoms with E-state index in [1.807, 2.05) is 36.4 Å². The molecule has 0 radical (unpaired) electrons. The van der Waals surface area contributed by atoms with Crippen molar-refractivity contribution in [1.82, 2.24) is 10.6 Å². The molecule has 1 fully saturated rings. The molecule has 3 N–H and O–H groups in total. The van der Waals surface area contributed by atoms with Crippen molar-refractivity contribution in [1.29, 1.82) is 0 Å². The number of carbonyl (C=O) groups is 3. The normalized spacial score (nSPS) is 22.5. The molecule has 1 aliphatic heterocycles. The van der Waals surface area contributed by atoms with Gasteiger partial charge in [0.1, 0.15) is 18.1 Å². The molecule has 2 aromatic carbocycles. The van der Waals surface area contributed by atoms with Gasteiger partial charge in [-0.15, -0.1) is 0 Å². The molecule has 4 rings (SSSR count). The first-order valence-electron chi connectivity index (χ1n) is 10.5. The van der Waals surface area contributed by atoms with E-state index in [1.54, 1.807) is 0 Å². The van der Waals surface area contributed by atoms with Gasteiger partial charge in [0, 0.05) is 5.92 Å². The number of hydrogen-bond acceptors (Lipinski definition) is 5. The zero-order valence-electron chi connectivity index (χ0n) is 18.0. The number of amides is 2. The fraction of sp³-hybridized carbons (Fsp3) is 0.375. The highest BCUT2D eigenvalue weighted by Gasteiger charge is 2.47. The van der Waals surface area contributed by atoms with E-state index in [0.717, 1.165) is 22.3 Å². The standard InChI is InChI=1S/C24H26N2O6/c1-14(21(27)26-20-12-31-13-24(20,2)22(28)29)25-23(30)32-11-19-17-9-5-3-7-15(17)16-8-4-6-10-18(16)19/h3-10,14,19-20H,11-13H2,1-2H3,(H,25,30)(H,26,27)(H,28,29). The predicted molar refractivity (Wildman–Crippen MR) is 116 cm³/mol. The molecular formula is C24H26N2O6. The highest BCUT2D eigenvalue weighted by atomic mass is 16.5. The lowest BCUT2D eigenvalue weighted by molar-refractivity contribution is -0.149. The molecule has 1 saturated heterocycles. The summed E-state index contributed by atoms with van der Waals surface area (Å²) in [6.07, 6.45) is -0.710. The van der Waals surface area contributed by atoms with Crippen LogP contribution in [0.5, 0.6) is 0 Å². The van der Waals surface area contributed by atoms with Crippen molar-refractivity contribution >= 4 is 18.0 Å². The molecular weight excluding hydrogens is 412 g/mol. The maximum atomic E-state index is 12.5. The van der Waals surface area contributed by atoms with E-state index in [2.05, 4.69) is 22.8 Å². The van der Waals surface area contributed by atoms with Crippen LogP contribution in [-0.2, 0) is 19.1 Å². The van der Waals surface area contributed by atoms with Gasteiger partial charge in [-0.3, -0.25) is 9.59 Å². The van der Waals surface area contributed by atoms with Gasteiger partial charge in [-0.25, -0.2) is 4.79 Å². The number of nitrogens with one attached hydrogen (secondary N) is 2. The van der Waals surface area contributed by atoms with Crippen LogP contribution in [0.15, 0.2) is 48.5 Å². The van der Waals surface area contributed by atoms with Gasteiger partial charge in [-0.1, -0.05) is 48.5 Å². The summed E-state index contributed by atoms with van der Waals surface area (Å²) in [6, 6.07) is 14.5. The first-order valence-corrected chi connectivity index (χ1v) is 10.5. The fourth-order valence-electron chi connectivity index (χ4n) is 4.26. The van der Waals surface area contributed by atoms with Crippen LogP contribution >= 0.6 is 0 Å². The first kappa shape index (κ1) is 21.8. The summed E-state index contributed by atoms with van der Waals surface area (Å²) in [5, 5.41) is 14.6. The molecule has 1 aliphatic carbocycles. The molecule has 32 heavy (non-hydrogen) atoms. The van der Waals surface area contributed by atoms with Crippen molar-refractivity contribution in [2.45, 2.75) is 31.8 Å². The van der Waals surface area contributed by atoms with Crippen molar-refractivity contribution < 1.29 is 29.0 Å². The Labute approximate surface area is 185 Å². The van der Waals surface area contributed by atoms with Crippen LogP contribution in [0.4, 0.5) is 4.79 Å². The Bertz CT molecular complexity index is 1010. The molecule has 0 aromatic heterocycles. The van der Waals surface area contributed by atoms with E-state index in [-0.39, 0.29) is 25.7 Å². The lowest BCUT2D eigenvalue weighted by Gasteiger charge is -2.26. The Morgan fingerprint density at radius 2 is 1.72 bits per heavy atom. The number of hydrogen-bond donors (Lipinski definition) is 3. The lowest BCUT2D eigenvalue weighted by Crippen LogP contribution is -2.54. The van der Waals surface area contributed by atoms with Gasteiger partial charge < -0.3 is 25.2 Å². The molecule has 8 nitrogen and oxygen atoms in total. The van der Waals surface area contributed by atoms with Crippen molar-refractivity contribution in [3.63, 3.8) is 0 Å². The number of ether oxygens (including phenoxy) is 2. The zero-order valence-corrected chi connectivity index (χ0v) is 18.0. The maximum absolute atomic E-state index is 12.5. The third kappa shape index (κ3) is 3.93. The van der Waals surface area contributed by atoms with Crippen molar-refractivity contribution in [2.75, 3.05) is 19.8 Å². The molecule has 1 heterocycles. The van der Waals surface area contributed by atoms with Crippen molar-refractivity contribution in [2.24, 2.45) is 5.41 Å². The number of rotatable bonds is 6. The van der Waals surface area contributed by atoms with Gasteiger partial charge in [-0.2, -0.15) is 0 Å². The number of carboxylic acid groups (broad SMARTS) is 1. The van der Waals surface area contributed by atoms with Gasteiger partial charge in [0.05, 0.1) is 19.3 Å². The average Bonchev–Trinajstić information content (AvgIpc) is 3.31. The second-order valence-electron chi connectivity index (χ2n) is 8.49. The summed E-state index contributed by atoms with van der Waals surface area (Å²) in [4.78, 5) is 36.4. The van der Waals surface area contributed by atoms with Crippen LogP contribution in [0.25, 0.3) is 11.1 Å². The van der Waals surface area contributed by atoms with Gasteiger partial charge in [0.25, 0.3) is 0 Å². The first-order chi connectivity index (χ1) is 15.3. The predicted octanol–water partition coefficient (Wildman–Crippen LogP) is 2.52. The number of alkyl carbamates (subject to hydrolysis) is 1. The quantitative estimate of drug-likeness (QED) is 0.639. The summed E-state index contributed by atoms with van der Waals surface area (Å²) < 4.78 is 10.7. The van der Waals surface area contributed by atoms with Gasteiger partial charge in [0.15, 0.2) is 0 Å². The van der Waals surface area contributed by atoms with Gasteiger partial charge >= 0.3 is 12.1 Å². The van der Waals surface area contributed by atoms with Gasteiger partial charge in [0.2, 0.25) is 5.91 Å². The molecule has 168 valence electrons. The molecule has 0 spiro atoms. The Hall–Kier alpha value is -3.39. The average molecular weight is 438 g/mol. The molecule has 0 saturated carbocycles. The van der Waals surface area contributed by atoms with Crippen molar-refractivity contribution in [3.8, 4) is 11.1 Å². The number of fused-ring (bicyclic) bond motifs is 3. The minimum atomic E-state index is -1.21. The zero-order chi connectivity index (χ0) is 22.9. The van der Waals surface area contributed by atoms with Gasteiger partial charge in [-0.05, 0) is 36.1 Å². The van der Waals surface area contributed by atoms with Crippen LogP contribution in [-0.4, -0.2) is 55.0 Å². The van der Waals surface area contributed by atoms with Crippen LogP contribution in [0.3, 0.4) is 0 Å². The van der Waals surface area contributed by atoms with Crippen molar-refractivity contribution in [3.05, 3.63) is 59.7 Å². The molecule has 3 unspecified atom stereocenters. The topological polar surface area (TPSA) is 114 Å². The highest BCUT2D eigenvalue weighted by Crippen LogP contribution is 2.44. The Balaban J connectivity index is 1.34. The number of carbonyl (C=O) groups excluding carboxylic acids is 2. The highest BCUT2D eigenvalue weighted by molar-refractivity contribution is 5.86. The van der Waals surface area contributed by atoms with Crippen LogP contribution < -0.4 is 10.6 Å². The third-order valence-electron chi connectivity index (χ3n) is 6.33. The minimum Gasteiger partial charge on any atom is -0.481 e. The monoisotopic (exact) mass is 438 g/mol. The molecule has 2 amide bonds. The second kappa shape index (κ2) is 8.63. The molecule has 3 atom stereocenters. The van der Waals surface area contributed by atoms with Crippen LogP contribution in [0, 0.1) is 5.41 Å². The minimum absolute atomic E-state index is 0.0153. The smallest absolute Gasteiger partial charge is 0.407 e. The maximum Gasteiger partial charge on any atom is 0.407 e. The van der Waals surface area contributed by atoms with E-state index in [9.17, 15) is 19.5 Å². The van der Waals surface area contributed by atoms with E-state index >= 15 is 0 Å². The summed E-state index contributed by atoms with van der Waals surface area (Å²) in [7, 11) is 0. The summed E-state index contributed by atoms with van der Waals surface area (Å²) in [5.74, 6) is -1.62. The van der Waals surface area contributed by atoms with Crippen LogP contribution in [0.1, 0.15) is 30.9 Å². The number of aliphatic carboxylic acids is 1. The van der Waals surface area contributed by atoms with Crippen LogP contribution in [0.2, 0.25) is 0 Å². The SMILES string of the molecule is CC(NC(=O)OCC1c2ccccc2-c2ccccc21)C(=O)NC1COCC1(C)C(=O)O.